The molecule has 4 heteroatoms. The second-order valence-electron chi connectivity index (χ2n) is 5.83. The predicted molar refractivity (Wildman–Crippen MR) is 87.7 cm³/mol. The quantitative estimate of drug-likeness (QED) is 0.589. The molecule has 0 aliphatic heterocycles. The minimum atomic E-state index is -2.10. The van der Waals surface area contributed by atoms with Crippen molar-refractivity contribution in [3.05, 3.63) is 35.9 Å². The van der Waals surface area contributed by atoms with Gasteiger partial charge in [-0.1, -0.05) is 18.2 Å². The van der Waals surface area contributed by atoms with Gasteiger partial charge in [0.15, 0.2) is 0 Å². The Morgan fingerprint density at radius 3 is 1.57 bits per heavy atom. The molecule has 1 aromatic rings. The maximum Gasteiger partial charge on any atom is 0.457 e. The Morgan fingerprint density at radius 1 is 0.762 bits per heavy atom. The van der Waals surface area contributed by atoms with Crippen LogP contribution in [0.3, 0.4) is 0 Å². The number of hydrogen-bond donors (Lipinski definition) is 0. The van der Waals surface area contributed by atoms with Crippen LogP contribution < -0.4 is 0 Å². The Bertz CT molecular complexity index is 445. The van der Waals surface area contributed by atoms with E-state index in [-0.39, 0.29) is 18.3 Å². The van der Waals surface area contributed by atoms with Crippen molar-refractivity contribution in [3.63, 3.8) is 0 Å². The van der Waals surface area contributed by atoms with Gasteiger partial charge in [-0.2, -0.15) is 0 Å². The minimum absolute atomic E-state index is 0.0347. The third kappa shape index (κ3) is 6.81. The first kappa shape index (κ1) is 17.8. The van der Waals surface area contributed by atoms with E-state index in [4.69, 9.17) is 14.0 Å². The van der Waals surface area contributed by atoms with E-state index in [0.29, 0.717) is 0 Å². The molecule has 0 amide bonds. The first-order chi connectivity index (χ1) is 9.83. The Hall–Kier alpha value is -1.28. The summed E-state index contributed by atoms with van der Waals surface area (Å²) < 4.78 is 17.8. The van der Waals surface area contributed by atoms with Crippen molar-refractivity contribution in [2.24, 2.45) is 0 Å². The molecule has 1 rings (SSSR count). The van der Waals surface area contributed by atoms with E-state index in [1.165, 1.54) is 0 Å². The summed E-state index contributed by atoms with van der Waals surface area (Å²) in [5.41, 5.74) is 0.913. The van der Waals surface area contributed by atoms with Gasteiger partial charge in [0.1, 0.15) is 0 Å². The Morgan fingerprint density at radius 2 is 1.19 bits per heavy atom. The zero-order valence-corrected chi connectivity index (χ0v) is 13.9. The number of benzene rings is 1. The van der Waals surface area contributed by atoms with E-state index in [0.717, 1.165) is 5.56 Å². The van der Waals surface area contributed by atoms with E-state index in [9.17, 15) is 0 Å². The van der Waals surface area contributed by atoms with Gasteiger partial charge in [0, 0.05) is 23.9 Å². The van der Waals surface area contributed by atoms with Crippen molar-refractivity contribution in [1.29, 1.82) is 0 Å². The topological polar surface area (TPSA) is 27.7 Å². The third-order valence-electron chi connectivity index (χ3n) is 2.52. The van der Waals surface area contributed by atoms with Crippen LogP contribution in [0.25, 0.3) is 0 Å². The van der Waals surface area contributed by atoms with Gasteiger partial charge in [0.25, 0.3) is 0 Å². The van der Waals surface area contributed by atoms with Crippen molar-refractivity contribution in [1.82, 2.24) is 0 Å². The van der Waals surface area contributed by atoms with Crippen molar-refractivity contribution >= 4 is 6.75 Å². The molecule has 0 unspecified atom stereocenters. The average molecular weight is 289 g/mol. The lowest BCUT2D eigenvalue weighted by atomic mass is 9.77. The summed E-state index contributed by atoms with van der Waals surface area (Å²) in [4.78, 5) is 0. The van der Waals surface area contributed by atoms with Crippen LogP contribution in [0.5, 0.6) is 0 Å². The third-order valence-corrected chi connectivity index (χ3v) is 2.52. The summed E-state index contributed by atoms with van der Waals surface area (Å²) in [6.45, 7) is 9.61. The van der Waals surface area contributed by atoms with Crippen molar-refractivity contribution < 1.29 is 14.0 Å². The standard InChI is InChI=1S/C17H26BO3/c1-14(2)19-18(20-15(3)4,21-16(5)6)13-12-17-10-8-7-9-11-17/h7-11,14-16H,1-6H3/q-1. The molecule has 0 aromatic heterocycles. The van der Waals surface area contributed by atoms with Crippen LogP contribution in [0.1, 0.15) is 47.1 Å². The van der Waals surface area contributed by atoms with Crippen LogP contribution in [0.4, 0.5) is 0 Å². The molecule has 0 N–H and O–H groups in total. The van der Waals surface area contributed by atoms with Gasteiger partial charge in [-0.15, -0.1) is 5.92 Å². The summed E-state index contributed by atoms with van der Waals surface area (Å²) in [5, 5.41) is 0. The molecular weight excluding hydrogens is 263 g/mol. The van der Waals surface area contributed by atoms with E-state index in [1.54, 1.807) is 0 Å². The summed E-state index contributed by atoms with van der Waals surface area (Å²) in [6.07, 6.45) is -0.104. The number of rotatable bonds is 6. The lowest BCUT2D eigenvalue weighted by Crippen LogP contribution is -2.50. The molecule has 0 radical (unpaired) electrons. The molecule has 0 atom stereocenters. The van der Waals surface area contributed by atoms with Crippen molar-refractivity contribution in [2.75, 3.05) is 0 Å². The first-order valence-electron chi connectivity index (χ1n) is 7.58. The minimum Gasteiger partial charge on any atom is -0.532 e. The fourth-order valence-corrected chi connectivity index (χ4v) is 1.97. The van der Waals surface area contributed by atoms with E-state index < -0.39 is 6.75 Å². The molecule has 21 heavy (non-hydrogen) atoms. The zero-order valence-electron chi connectivity index (χ0n) is 13.9. The van der Waals surface area contributed by atoms with Gasteiger partial charge in [0.05, 0.1) is 0 Å². The highest BCUT2D eigenvalue weighted by molar-refractivity contribution is 6.69. The van der Waals surface area contributed by atoms with Crippen LogP contribution in [-0.4, -0.2) is 25.1 Å². The summed E-state index contributed by atoms with van der Waals surface area (Å²) in [7, 11) is 0. The van der Waals surface area contributed by atoms with Crippen LogP contribution in [-0.2, 0) is 14.0 Å². The van der Waals surface area contributed by atoms with Gasteiger partial charge in [-0.3, -0.25) is 0 Å². The Labute approximate surface area is 129 Å². The SMILES string of the molecule is CC(C)O[B-](C#Cc1ccccc1)(OC(C)C)OC(C)C. The number of hydrogen-bond acceptors (Lipinski definition) is 3. The molecule has 0 saturated carbocycles. The highest BCUT2D eigenvalue weighted by atomic mass is 16.8. The molecule has 0 aliphatic carbocycles. The second-order valence-corrected chi connectivity index (χ2v) is 5.83. The van der Waals surface area contributed by atoms with Crippen LogP contribution in [0, 0.1) is 11.7 Å². The molecule has 0 fully saturated rings. The van der Waals surface area contributed by atoms with E-state index in [2.05, 4.69) is 11.7 Å². The summed E-state index contributed by atoms with van der Waals surface area (Å²) >= 11 is 0. The summed E-state index contributed by atoms with van der Waals surface area (Å²) in [5.74, 6) is 6.19. The lowest BCUT2D eigenvalue weighted by Gasteiger charge is -2.42. The molecule has 0 aliphatic rings. The summed E-state index contributed by atoms with van der Waals surface area (Å²) in [6, 6.07) is 9.77. The fourth-order valence-electron chi connectivity index (χ4n) is 1.97. The smallest absolute Gasteiger partial charge is 0.457 e. The van der Waals surface area contributed by atoms with Crippen LogP contribution >= 0.6 is 0 Å². The van der Waals surface area contributed by atoms with Gasteiger partial charge in [0.2, 0.25) is 0 Å². The van der Waals surface area contributed by atoms with E-state index >= 15 is 0 Å². The van der Waals surface area contributed by atoms with Gasteiger partial charge < -0.3 is 14.0 Å². The monoisotopic (exact) mass is 289 g/mol. The molecule has 0 bridgehead atoms. The van der Waals surface area contributed by atoms with Crippen LogP contribution in [0.15, 0.2) is 30.3 Å². The second kappa shape index (κ2) is 8.24. The van der Waals surface area contributed by atoms with Crippen LogP contribution in [0.2, 0.25) is 0 Å². The van der Waals surface area contributed by atoms with E-state index in [1.807, 2.05) is 71.9 Å². The molecular formula is C17H26BO3-. The maximum atomic E-state index is 5.93. The molecule has 0 saturated heterocycles. The van der Waals surface area contributed by atoms with Crippen molar-refractivity contribution in [3.8, 4) is 11.7 Å². The van der Waals surface area contributed by atoms with Gasteiger partial charge >= 0.3 is 6.75 Å². The average Bonchev–Trinajstić information content (AvgIpc) is 2.35. The lowest BCUT2D eigenvalue weighted by molar-refractivity contribution is 0.0163. The molecule has 0 spiro atoms. The first-order valence-corrected chi connectivity index (χ1v) is 7.58. The zero-order chi connectivity index (χ0) is 15.9. The fraction of sp³-hybridized carbons (Fsp3) is 0.529. The predicted octanol–water partition coefficient (Wildman–Crippen LogP) is 3.79. The van der Waals surface area contributed by atoms with Gasteiger partial charge in [-0.05, 0) is 53.7 Å². The highest BCUT2D eigenvalue weighted by Crippen LogP contribution is 2.17. The molecule has 3 nitrogen and oxygen atoms in total. The Balaban J connectivity index is 3.11. The van der Waals surface area contributed by atoms with Crippen molar-refractivity contribution in [2.45, 2.75) is 59.9 Å². The highest BCUT2D eigenvalue weighted by Gasteiger charge is 2.30. The maximum absolute atomic E-state index is 5.93. The molecule has 1 aromatic carbocycles. The normalized spacial score (nSPS) is 11.9. The Kier molecular flexibility index (Phi) is 6.97. The molecule has 116 valence electrons. The largest absolute Gasteiger partial charge is 0.532 e. The van der Waals surface area contributed by atoms with Gasteiger partial charge in [-0.25, -0.2) is 5.82 Å². The molecule has 0 heterocycles.